The van der Waals surface area contributed by atoms with Crippen molar-refractivity contribution in [3.63, 3.8) is 0 Å². The molecule has 1 N–H and O–H groups in total. The number of rotatable bonds is 5. The third kappa shape index (κ3) is 6.44. The van der Waals surface area contributed by atoms with E-state index in [9.17, 15) is 9.59 Å². The third-order valence-corrected chi connectivity index (χ3v) is 5.50. The second-order valence-corrected chi connectivity index (χ2v) is 9.31. The maximum absolute atomic E-state index is 13.0. The van der Waals surface area contributed by atoms with E-state index < -0.39 is 17.8 Å². The highest BCUT2D eigenvalue weighted by atomic mass is 16.6. The Hall–Kier alpha value is -2.12. The summed E-state index contributed by atoms with van der Waals surface area (Å²) >= 11 is 0. The Morgan fingerprint density at radius 2 is 1.90 bits per heavy atom. The van der Waals surface area contributed by atoms with E-state index in [-0.39, 0.29) is 18.1 Å². The van der Waals surface area contributed by atoms with Crippen LogP contribution in [0.5, 0.6) is 0 Å². The van der Waals surface area contributed by atoms with Crippen LogP contribution in [-0.4, -0.2) is 71.8 Å². The number of nitrogens with one attached hydrogen (secondary N) is 1. The van der Waals surface area contributed by atoms with Gasteiger partial charge in [0.15, 0.2) is 0 Å². The van der Waals surface area contributed by atoms with Crippen LogP contribution in [0.4, 0.5) is 4.79 Å². The molecule has 0 aliphatic carbocycles. The standard InChI is InChI=1S/C23H35N3O4/c1-17-15-25(16-18-8-6-5-7-9-18)12-13-26(17)21(27)20-11-10-19(29-20)14-24-22(28)30-23(2,3)4/h5-9,17,19-20H,10-16H2,1-4H3,(H,24,28)/t17-,19-,20-/m1/s1. The van der Waals surface area contributed by atoms with Gasteiger partial charge in [-0.25, -0.2) is 4.79 Å². The van der Waals surface area contributed by atoms with Crippen molar-refractivity contribution in [1.29, 1.82) is 0 Å². The summed E-state index contributed by atoms with van der Waals surface area (Å²) in [6, 6.07) is 10.6. The van der Waals surface area contributed by atoms with Gasteiger partial charge in [-0.3, -0.25) is 9.69 Å². The zero-order chi connectivity index (χ0) is 21.7. The normalized spacial score (nSPS) is 25.2. The van der Waals surface area contributed by atoms with Gasteiger partial charge < -0.3 is 19.7 Å². The monoisotopic (exact) mass is 417 g/mol. The molecule has 0 bridgehead atoms. The highest BCUT2D eigenvalue weighted by molar-refractivity contribution is 5.81. The van der Waals surface area contributed by atoms with Gasteiger partial charge in [0, 0.05) is 38.8 Å². The second kappa shape index (κ2) is 9.79. The van der Waals surface area contributed by atoms with E-state index in [0.717, 1.165) is 26.1 Å². The molecule has 2 heterocycles. The number of ether oxygens (including phenoxy) is 2. The third-order valence-electron chi connectivity index (χ3n) is 5.50. The average Bonchev–Trinajstić information content (AvgIpc) is 3.15. The Balaban J connectivity index is 1.43. The molecule has 0 spiro atoms. The molecule has 3 atom stereocenters. The first-order valence-electron chi connectivity index (χ1n) is 10.9. The lowest BCUT2D eigenvalue weighted by molar-refractivity contribution is -0.147. The lowest BCUT2D eigenvalue weighted by Crippen LogP contribution is -2.56. The number of piperazine rings is 1. The summed E-state index contributed by atoms with van der Waals surface area (Å²) in [4.78, 5) is 29.2. The number of carbonyl (C=O) groups excluding carboxylic acids is 2. The Kier molecular flexibility index (Phi) is 7.36. The number of carbonyl (C=O) groups is 2. The number of alkyl carbamates (subject to hydrolysis) is 1. The number of benzene rings is 1. The predicted molar refractivity (Wildman–Crippen MR) is 115 cm³/mol. The van der Waals surface area contributed by atoms with Crippen molar-refractivity contribution in [3.05, 3.63) is 35.9 Å². The van der Waals surface area contributed by atoms with Crippen molar-refractivity contribution in [2.45, 2.75) is 70.9 Å². The minimum absolute atomic E-state index is 0.0710. The van der Waals surface area contributed by atoms with Crippen LogP contribution >= 0.6 is 0 Å². The highest BCUT2D eigenvalue weighted by Crippen LogP contribution is 2.23. The minimum atomic E-state index is -0.530. The number of amides is 2. The van der Waals surface area contributed by atoms with Crippen LogP contribution in [0, 0.1) is 0 Å². The van der Waals surface area contributed by atoms with Crippen molar-refractivity contribution >= 4 is 12.0 Å². The zero-order valence-electron chi connectivity index (χ0n) is 18.6. The molecule has 0 unspecified atom stereocenters. The van der Waals surface area contributed by atoms with Crippen LogP contribution < -0.4 is 5.32 Å². The first kappa shape index (κ1) is 22.6. The maximum atomic E-state index is 13.0. The summed E-state index contributed by atoms with van der Waals surface area (Å²) in [6.45, 7) is 11.3. The number of nitrogens with zero attached hydrogens (tertiary/aromatic N) is 2. The summed E-state index contributed by atoms with van der Waals surface area (Å²) in [5, 5.41) is 2.74. The molecule has 166 valence electrons. The molecule has 1 aromatic rings. The molecule has 2 saturated heterocycles. The average molecular weight is 418 g/mol. The topological polar surface area (TPSA) is 71.1 Å². The molecule has 30 heavy (non-hydrogen) atoms. The molecule has 2 aliphatic rings. The number of hydrogen-bond donors (Lipinski definition) is 1. The SMILES string of the molecule is C[C@@H]1CN(Cc2ccccc2)CCN1C(=O)[C@H]1CC[C@H](CNC(=O)OC(C)(C)C)O1. The van der Waals surface area contributed by atoms with Gasteiger partial charge in [0.2, 0.25) is 0 Å². The van der Waals surface area contributed by atoms with Gasteiger partial charge in [-0.05, 0) is 46.1 Å². The fourth-order valence-electron chi connectivity index (χ4n) is 4.08. The fourth-order valence-corrected chi connectivity index (χ4v) is 4.08. The van der Waals surface area contributed by atoms with E-state index in [4.69, 9.17) is 9.47 Å². The van der Waals surface area contributed by atoms with Crippen molar-refractivity contribution in [1.82, 2.24) is 15.1 Å². The van der Waals surface area contributed by atoms with E-state index in [1.165, 1.54) is 5.56 Å². The predicted octanol–water partition coefficient (Wildman–Crippen LogP) is 2.79. The van der Waals surface area contributed by atoms with Crippen molar-refractivity contribution in [2.75, 3.05) is 26.2 Å². The van der Waals surface area contributed by atoms with Crippen LogP contribution in [0.2, 0.25) is 0 Å². The molecular formula is C23H35N3O4. The van der Waals surface area contributed by atoms with Crippen LogP contribution in [0.25, 0.3) is 0 Å². The Morgan fingerprint density at radius 1 is 1.17 bits per heavy atom. The highest BCUT2D eigenvalue weighted by Gasteiger charge is 2.37. The summed E-state index contributed by atoms with van der Waals surface area (Å²) in [5.41, 5.74) is 0.765. The first-order chi connectivity index (χ1) is 14.2. The molecular weight excluding hydrogens is 382 g/mol. The van der Waals surface area contributed by atoms with Gasteiger partial charge in [-0.2, -0.15) is 0 Å². The van der Waals surface area contributed by atoms with Gasteiger partial charge in [0.05, 0.1) is 6.10 Å². The van der Waals surface area contributed by atoms with Crippen LogP contribution in [0.15, 0.2) is 30.3 Å². The lowest BCUT2D eigenvalue weighted by atomic mass is 10.1. The van der Waals surface area contributed by atoms with Gasteiger partial charge in [0.25, 0.3) is 5.91 Å². The molecule has 1 aromatic carbocycles. The second-order valence-electron chi connectivity index (χ2n) is 9.31. The minimum Gasteiger partial charge on any atom is -0.444 e. The summed E-state index contributed by atoms with van der Waals surface area (Å²) < 4.78 is 11.2. The summed E-state index contributed by atoms with van der Waals surface area (Å²) in [7, 11) is 0. The lowest BCUT2D eigenvalue weighted by Gasteiger charge is -2.40. The van der Waals surface area contributed by atoms with Crippen molar-refractivity contribution < 1.29 is 19.1 Å². The Bertz CT molecular complexity index is 719. The van der Waals surface area contributed by atoms with Crippen LogP contribution in [-0.2, 0) is 20.8 Å². The van der Waals surface area contributed by atoms with E-state index in [0.29, 0.717) is 19.5 Å². The molecule has 2 aliphatic heterocycles. The Labute approximate surface area is 179 Å². The van der Waals surface area contributed by atoms with Crippen LogP contribution in [0.3, 0.4) is 0 Å². The summed E-state index contributed by atoms with van der Waals surface area (Å²) in [6.07, 6.45) is 0.425. The van der Waals surface area contributed by atoms with Crippen LogP contribution in [0.1, 0.15) is 46.1 Å². The quantitative estimate of drug-likeness (QED) is 0.798. The molecule has 2 fully saturated rings. The van der Waals surface area contributed by atoms with E-state index in [1.807, 2.05) is 31.7 Å². The smallest absolute Gasteiger partial charge is 0.407 e. The van der Waals surface area contributed by atoms with Gasteiger partial charge in [0.1, 0.15) is 11.7 Å². The molecule has 7 nitrogen and oxygen atoms in total. The summed E-state index contributed by atoms with van der Waals surface area (Å²) in [5.74, 6) is 0.0710. The molecule has 0 radical (unpaired) electrons. The largest absolute Gasteiger partial charge is 0.444 e. The van der Waals surface area contributed by atoms with Gasteiger partial charge in [-0.1, -0.05) is 30.3 Å². The Morgan fingerprint density at radius 3 is 2.57 bits per heavy atom. The molecule has 0 saturated carbocycles. The van der Waals surface area contributed by atoms with E-state index >= 15 is 0 Å². The maximum Gasteiger partial charge on any atom is 0.407 e. The van der Waals surface area contributed by atoms with Gasteiger partial charge in [-0.15, -0.1) is 0 Å². The van der Waals surface area contributed by atoms with E-state index in [1.54, 1.807) is 0 Å². The molecule has 2 amide bonds. The van der Waals surface area contributed by atoms with Gasteiger partial charge >= 0.3 is 6.09 Å². The number of hydrogen-bond acceptors (Lipinski definition) is 5. The van der Waals surface area contributed by atoms with Crippen molar-refractivity contribution in [2.24, 2.45) is 0 Å². The van der Waals surface area contributed by atoms with Crippen molar-refractivity contribution in [3.8, 4) is 0 Å². The molecule has 3 rings (SSSR count). The molecule has 0 aromatic heterocycles. The van der Waals surface area contributed by atoms with E-state index in [2.05, 4.69) is 41.4 Å². The first-order valence-corrected chi connectivity index (χ1v) is 10.9. The zero-order valence-corrected chi connectivity index (χ0v) is 18.6. The fraction of sp³-hybridized carbons (Fsp3) is 0.652. The molecule has 7 heteroatoms.